The number of thioether (sulfide) groups is 1. The van der Waals surface area contributed by atoms with Crippen LogP contribution in [0.5, 0.6) is 0 Å². The van der Waals surface area contributed by atoms with Crippen molar-refractivity contribution in [1.29, 1.82) is 0 Å². The fraction of sp³-hybridized carbons (Fsp3) is 0.231. The summed E-state index contributed by atoms with van der Waals surface area (Å²) < 4.78 is -0.552. The van der Waals surface area contributed by atoms with Gasteiger partial charge in [-0.3, -0.25) is 0 Å². The van der Waals surface area contributed by atoms with Gasteiger partial charge in [-0.25, -0.2) is 9.64 Å². The lowest BCUT2D eigenvalue weighted by molar-refractivity contribution is -0.673. The monoisotopic (exact) mass is 257 g/mol. The zero-order chi connectivity index (χ0) is 12.2. The molecule has 0 radical (unpaired) electrons. The molecule has 0 aromatic carbocycles. The summed E-state index contributed by atoms with van der Waals surface area (Å²) in [6.07, 6.45) is 11.2. The third-order valence-electron chi connectivity index (χ3n) is 3.56. The van der Waals surface area contributed by atoms with Gasteiger partial charge in [0.2, 0.25) is 5.03 Å². The molecule has 3 aliphatic heterocycles. The first-order valence-corrected chi connectivity index (χ1v) is 6.94. The van der Waals surface area contributed by atoms with Crippen LogP contribution in [0.4, 0.5) is 0 Å². The number of rotatable bonds is 0. The molecule has 4 nitrogen and oxygen atoms in total. The van der Waals surface area contributed by atoms with Crippen molar-refractivity contribution >= 4 is 23.8 Å². The Kier molecular flexibility index (Phi) is 2.06. The molecule has 4 rings (SSSR count). The van der Waals surface area contributed by atoms with Crippen molar-refractivity contribution in [2.45, 2.75) is 12.8 Å². The molecule has 0 fully saturated rings. The van der Waals surface area contributed by atoms with E-state index in [1.165, 1.54) is 11.1 Å². The Hall–Kier alpha value is -1.43. The molecule has 1 aliphatic carbocycles. The van der Waals surface area contributed by atoms with E-state index in [4.69, 9.17) is 0 Å². The average Bonchev–Trinajstić information content (AvgIpc) is 2.80. The van der Waals surface area contributed by atoms with E-state index in [0.717, 1.165) is 29.3 Å². The second kappa shape index (κ2) is 3.54. The quantitative estimate of drug-likeness (QED) is 0.495. The topological polar surface area (TPSA) is 47.8 Å². The van der Waals surface area contributed by atoms with Gasteiger partial charge in [0.25, 0.3) is 5.84 Å². The SMILES string of the molecule is [O-][N+]12C=CN=C1C=NC1=C2SCC2=C1CCC=C2. The summed E-state index contributed by atoms with van der Waals surface area (Å²) in [4.78, 5) is 8.57. The predicted octanol–water partition coefficient (Wildman–Crippen LogP) is 2.83. The van der Waals surface area contributed by atoms with Crippen LogP contribution in [0.25, 0.3) is 0 Å². The largest absolute Gasteiger partial charge is 0.615 e. The van der Waals surface area contributed by atoms with Crippen LogP contribution >= 0.6 is 11.8 Å². The molecule has 0 saturated heterocycles. The minimum Gasteiger partial charge on any atom is -0.615 e. The zero-order valence-corrected chi connectivity index (χ0v) is 10.5. The number of allylic oxidation sites excluding steroid dienone is 3. The highest BCUT2D eigenvalue weighted by molar-refractivity contribution is 8.03. The Balaban J connectivity index is 1.92. The predicted molar refractivity (Wildman–Crippen MR) is 73.6 cm³/mol. The standard InChI is InChI=1S/C13H11N3OS/c17-16-6-5-14-11(16)7-15-12-10-4-2-1-3-9(10)8-18-13(12)16/h1,3,5-7H,2,4,8H2. The van der Waals surface area contributed by atoms with Crippen molar-refractivity contribution in [2.75, 3.05) is 5.75 Å². The van der Waals surface area contributed by atoms with E-state index in [2.05, 4.69) is 22.1 Å². The fourth-order valence-electron chi connectivity index (χ4n) is 2.63. The van der Waals surface area contributed by atoms with Crippen LogP contribution < -0.4 is 0 Å². The number of quaternary nitrogens is 1. The average molecular weight is 257 g/mol. The van der Waals surface area contributed by atoms with E-state index in [1.807, 2.05) is 0 Å². The summed E-state index contributed by atoms with van der Waals surface area (Å²) in [7, 11) is 0. The molecule has 5 heteroatoms. The summed E-state index contributed by atoms with van der Waals surface area (Å²) in [5.74, 6) is 1.33. The minimum absolute atomic E-state index is 0.469. The normalized spacial score (nSPS) is 32.4. The highest BCUT2D eigenvalue weighted by atomic mass is 32.2. The van der Waals surface area contributed by atoms with Gasteiger partial charge in [-0.2, -0.15) is 4.99 Å². The van der Waals surface area contributed by atoms with Crippen molar-refractivity contribution in [2.24, 2.45) is 9.98 Å². The molecule has 0 aromatic rings. The van der Waals surface area contributed by atoms with Crippen molar-refractivity contribution < 1.29 is 4.65 Å². The van der Waals surface area contributed by atoms with E-state index in [9.17, 15) is 5.21 Å². The zero-order valence-electron chi connectivity index (χ0n) is 9.67. The molecular formula is C13H11N3OS. The van der Waals surface area contributed by atoms with Gasteiger partial charge >= 0.3 is 0 Å². The van der Waals surface area contributed by atoms with Crippen molar-refractivity contribution in [3.63, 3.8) is 0 Å². The highest BCUT2D eigenvalue weighted by Crippen LogP contribution is 2.46. The van der Waals surface area contributed by atoms with Crippen LogP contribution in [0.1, 0.15) is 12.8 Å². The van der Waals surface area contributed by atoms with Crippen LogP contribution in [0.15, 0.2) is 56.4 Å². The molecule has 90 valence electrons. The number of hydrogen-bond donors (Lipinski definition) is 0. The Bertz CT molecular complexity index is 624. The van der Waals surface area contributed by atoms with Crippen LogP contribution in [-0.2, 0) is 0 Å². The highest BCUT2D eigenvalue weighted by Gasteiger charge is 2.40. The smallest absolute Gasteiger partial charge is 0.256 e. The van der Waals surface area contributed by atoms with E-state index >= 15 is 0 Å². The summed E-state index contributed by atoms with van der Waals surface area (Å²) in [6.45, 7) is 0. The molecule has 1 atom stereocenters. The molecule has 4 aliphatic rings. The van der Waals surface area contributed by atoms with Crippen LogP contribution in [0.2, 0.25) is 0 Å². The summed E-state index contributed by atoms with van der Waals surface area (Å²) in [5, 5.41) is 13.6. The molecule has 0 N–H and O–H groups in total. The van der Waals surface area contributed by atoms with Crippen LogP contribution in [0.3, 0.4) is 0 Å². The van der Waals surface area contributed by atoms with E-state index in [0.29, 0.717) is 5.84 Å². The molecule has 0 bridgehead atoms. The first kappa shape index (κ1) is 10.5. The van der Waals surface area contributed by atoms with Gasteiger partial charge in [-0.1, -0.05) is 23.9 Å². The number of fused-ring (bicyclic) bond motifs is 3. The van der Waals surface area contributed by atoms with E-state index in [1.54, 1.807) is 30.4 Å². The molecule has 0 amide bonds. The Labute approximate surface area is 109 Å². The van der Waals surface area contributed by atoms with Crippen LogP contribution in [0, 0.1) is 5.21 Å². The Morgan fingerprint density at radius 3 is 3.28 bits per heavy atom. The van der Waals surface area contributed by atoms with Gasteiger partial charge in [0.1, 0.15) is 18.1 Å². The van der Waals surface area contributed by atoms with Gasteiger partial charge < -0.3 is 5.21 Å². The molecule has 3 heterocycles. The maximum atomic E-state index is 12.8. The molecular weight excluding hydrogens is 246 g/mol. The Morgan fingerprint density at radius 1 is 1.39 bits per heavy atom. The van der Waals surface area contributed by atoms with Gasteiger partial charge in [0, 0.05) is 5.75 Å². The third kappa shape index (κ3) is 1.24. The number of hydroxylamine groups is 3. The fourth-order valence-corrected chi connectivity index (χ4v) is 3.85. The van der Waals surface area contributed by atoms with E-state index < -0.39 is 4.65 Å². The second-order valence-electron chi connectivity index (χ2n) is 4.59. The number of amidine groups is 1. The lowest BCUT2D eigenvalue weighted by Gasteiger charge is -2.40. The molecule has 18 heavy (non-hydrogen) atoms. The molecule has 0 aromatic heterocycles. The summed E-state index contributed by atoms with van der Waals surface area (Å²) >= 11 is 1.59. The lowest BCUT2D eigenvalue weighted by Crippen LogP contribution is -2.43. The van der Waals surface area contributed by atoms with Crippen molar-refractivity contribution in [1.82, 2.24) is 0 Å². The first-order valence-electron chi connectivity index (χ1n) is 5.95. The van der Waals surface area contributed by atoms with Crippen molar-refractivity contribution in [3.8, 4) is 0 Å². The van der Waals surface area contributed by atoms with Gasteiger partial charge in [-0.15, -0.1) is 0 Å². The van der Waals surface area contributed by atoms with Crippen LogP contribution in [-0.4, -0.2) is 22.4 Å². The van der Waals surface area contributed by atoms with Gasteiger partial charge in [0.05, 0.1) is 6.20 Å². The summed E-state index contributed by atoms with van der Waals surface area (Å²) in [5.41, 5.74) is 3.44. The Morgan fingerprint density at radius 2 is 2.33 bits per heavy atom. The van der Waals surface area contributed by atoms with E-state index in [-0.39, 0.29) is 0 Å². The second-order valence-corrected chi connectivity index (χ2v) is 5.55. The number of aliphatic imine (C=N–C) groups is 2. The third-order valence-corrected chi connectivity index (χ3v) is 4.75. The van der Waals surface area contributed by atoms with Gasteiger partial charge in [-0.05, 0) is 24.0 Å². The maximum Gasteiger partial charge on any atom is 0.256 e. The minimum atomic E-state index is -0.552. The molecule has 0 saturated carbocycles. The molecule has 0 spiro atoms. The summed E-state index contributed by atoms with van der Waals surface area (Å²) in [6, 6.07) is 0. The number of hydrogen-bond acceptors (Lipinski definition) is 4. The first-order chi connectivity index (χ1) is 8.79. The maximum absolute atomic E-state index is 12.8. The lowest BCUT2D eigenvalue weighted by atomic mass is 9.95. The van der Waals surface area contributed by atoms with Crippen molar-refractivity contribution in [3.05, 3.63) is 51.6 Å². The number of nitrogens with zero attached hydrogens (tertiary/aromatic N) is 3. The molecule has 1 unspecified atom stereocenters. The van der Waals surface area contributed by atoms with Gasteiger partial charge in [0.15, 0.2) is 0 Å².